The van der Waals surface area contributed by atoms with Crippen molar-refractivity contribution >= 4 is 11.6 Å². The molecule has 0 spiro atoms. The second-order valence-electron chi connectivity index (χ2n) is 9.27. The van der Waals surface area contributed by atoms with Gasteiger partial charge in [-0.3, -0.25) is 4.57 Å². The maximum atomic E-state index is 6.38. The molecule has 0 unspecified atom stereocenters. The highest BCUT2D eigenvalue weighted by Gasteiger charge is 2.31. The molecule has 2 aliphatic rings. The average Bonchev–Trinajstić information content (AvgIpc) is 3.11. The van der Waals surface area contributed by atoms with Gasteiger partial charge in [-0.2, -0.15) is 0 Å². The van der Waals surface area contributed by atoms with Crippen molar-refractivity contribution in [3.05, 3.63) is 64.8 Å². The topological polar surface area (TPSA) is 64.9 Å². The minimum Gasteiger partial charge on any atom is -0.474 e. The van der Waals surface area contributed by atoms with E-state index < -0.39 is 0 Å². The summed E-state index contributed by atoms with van der Waals surface area (Å²) in [5, 5.41) is 13.8. The zero-order valence-electron chi connectivity index (χ0n) is 18.7. The molecule has 1 aliphatic heterocycles. The molecule has 0 saturated heterocycles. The zero-order chi connectivity index (χ0) is 22.1. The minimum absolute atomic E-state index is 0.207. The van der Waals surface area contributed by atoms with E-state index in [-0.39, 0.29) is 6.10 Å². The number of halogens is 1. The number of hydrogen-bond acceptors (Lipinski definition) is 5. The van der Waals surface area contributed by atoms with Gasteiger partial charge in [-0.15, -0.1) is 10.2 Å². The third-order valence-corrected chi connectivity index (χ3v) is 6.70. The van der Waals surface area contributed by atoms with Gasteiger partial charge in [0.1, 0.15) is 17.8 Å². The molecule has 168 valence electrons. The zero-order valence-corrected chi connectivity index (χ0v) is 19.4. The number of rotatable bonds is 5. The first-order valence-corrected chi connectivity index (χ1v) is 12.0. The Kier molecular flexibility index (Phi) is 6.15. The predicted molar refractivity (Wildman–Crippen MR) is 126 cm³/mol. The lowest BCUT2D eigenvalue weighted by atomic mass is 9.86. The third kappa shape index (κ3) is 4.52. The lowest BCUT2D eigenvalue weighted by molar-refractivity contribution is 0.139. The molecule has 1 saturated carbocycles. The van der Waals surface area contributed by atoms with Crippen molar-refractivity contribution in [2.75, 3.05) is 0 Å². The molecule has 2 aromatic heterocycles. The van der Waals surface area contributed by atoms with Crippen molar-refractivity contribution in [2.24, 2.45) is 0 Å². The molecule has 6 nitrogen and oxygen atoms in total. The number of benzene rings is 1. The molecule has 5 rings (SSSR count). The van der Waals surface area contributed by atoms with E-state index >= 15 is 0 Å². The van der Waals surface area contributed by atoms with Crippen LogP contribution in [0.4, 0.5) is 0 Å². The van der Waals surface area contributed by atoms with Crippen LogP contribution in [0.5, 0.6) is 5.88 Å². The molecule has 1 N–H and O–H groups in total. The number of nitrogens with one attached hydrogen (secondary N) is 1. The van der Waals surface area contributed by atoms with Crippen LogP contribution in [0.15, 0.2) is 42.6 Å². The van der Waals surface area contributed by atoms with Gasteiger partial charge in [-0.05, 0) is 61.9 Å². The van der Waals surface area contributed by atoms with E-state index in [1.165, 1.54) is 11.3 Å². The molecular formula is C25H30ClN5O. The van der Waals surface area contributed by atoms with Gasteiger partial charge in [-0.1, -0.05) is 31.5 Å². The van der Waals surface area contributed by atoms with E-state index in [1.807, 2.05) is 24.3 Å². The van der Waals surface area contributed by atoms with Gasteiger partial charge in [-0.25, -0.2) is 4.98 Å². The van der Waals surface area contributed by atoms with Crippen LogP contribution < -0.4 is 10.1 Å². The Morgan fingerprint density at radius 3 is 2.66 bits per heavy atom. The molecule has 7 heteroatoms. The molecule has 3 heterocycles. The Morgan fingerprint density at radius 1 is 1.06 bits per heavy atom. The Labute approximate surface area is 194 Å². The summed E-state index contributed by atoms with van der Waals surface area (Å²) in [4.78, 5) is 4.30. The third-order valence-electron chi connectivity index (χ3n) is 6.47. The van der Waals surface area contributed by atoms with Crippen molar-refractivity contribution in [1.82, 2.24) is 25.1 Å². The Bertz CT molecular complexity index is 1060. The van der Waals surface area contributed by atoms with Gasteiger partial charge in [0.15, 0.2) is 0 Å². The summed E-state index contributed by atoms with van der Waals surface area (Å²) in [6, 6.07) is 12.7. The van der Waals surface area contributed by atoms with Crippen LogP contribution in [0, 0.1) is 0 Å². The fourth-order valence-corrected chi connectivity index (χ4v) is 5.29. The molecule has 1 aromatic carbocycles. The summed E-state index contributed by atoms with van der Waals surface area (Å²) in [5.74, 6) is 3.19. The minimum atomic E-state index is 0.207. The normalized spacial score (nSPS) is 22.8. The maximum Gasteiger partial charge on any atom is 0.213 e. The van der Waals surface area contributed by atoms with Crippen LogP contribution in [0.3, 0.4) is 0 Å². The summed E-state index contributed by atoms with van der Waals surface area (Å²) in [6.45, 7) is 4.37. The van der Waals surface area contributed by atoms with Gasteiger partial charge in [0.25, 0.3) is 0 Å². The molecular weight excluding hydrogens is 422 g/mol. The van der Waals surface area contributed by atoms with Gasteiger partial charge in [0.05, 0.1) is 5.69 Å². The number of aromatic nitrogens is 4. The first kappa shape index (κ1) is 21.4. The molecule has 1 fully saturated rings. The quantitative estimate of drug-likeness (QED) is 0.598. The maximum absolute atomic E-state index is 6.38. The van der Waals surface area contributed by atoms with Gasteiger partial charge in [0.2, 0.25) is 5.88 Å². The van der Waals surface area contributed by atoms with Crippen LogP contribution in [0.2, 0.25) is 5.02 Å². The first-order valence-electron chi connectivity index (χ1n) is 11.6. The van der Waals surface area contributed by atoms with E-state index in [4.69, 9.17) is 21.4 Å². The fraction of sp³-hybridized carbons (Fsp3) is 0.480. The van der Waals surface area contributed by atoms with Crippen LogP contribution in [0.1, 0.15) is 62.7 Å². The van der Waals surface area contributed by atoms with E-state index in [9.17, 15) is 0 Å². The fourth-order valence-electron chi connectivity index (χ4n) is 5.10. The standard InChI is InChI=1S/C25H30ClN5O/c1-16(2)28-20-14-18-13-19(26)8-11-22(18)31-23(15-20)29-30-25(31)17-6-9-21(10-7-17)32-24-5-3-4-12-27-24/h3-5,8,11-13,16-17,20-21,28H,6-7,9-10,14-15H2,1-2H3/t17?,20-,21?/m0/s1. The Balaban J connectivity index is 1.39. The molecule has 0 bridgehead atoms. The molecule has 3 aromatic rings. The first-order chi connectivity index (χ1) is 15.6. The average molecular weight is 452 g/mol. The SMILES string of the molecule is CC(C)N[C@H]1Cc2cc(Cl)ccc2-n2c(nnc2C2CCC(Oc3ccccn3)CC2)C1. The number of fused-ring (bicyclic) bond motifs is 3. The number of nitrogens with zero attached hydrogens (tertiary/aromatic N) is 4. The summed E-state index contributed by atoms with van der Waals surface area (Å²) in [6.07, 6.45) is 7.83. The Morgan fingerprint density at radius 2 is 1.91 bits per heavy atom. The smallest absolute Gasteiger partial charge is 0.213 e. The van der Waals surface area contributed by atoms with Crippen molar-refractivity contribution in [2.45, 2.75) is 76.5 Å². The predicted octanol–water partition coefficient (Wildman–Crippen LogP) is 4.89. The molecule has 0 amide bonds. The summed E-state index contributed by atoms with van der Waals surface area (Å²) >= 11 is 6.38. The van der Waals surface area contributed by atoms with Crippen LogP contribution in [-0.2, 0) is 12.8 Å². The largest absolute Gasteiger partial charge is 0.474 e. The van der Waals surface area contributed by atoms with Crippen LogP contribution in [-0.4, -0.2) is 37.9 Å². The molecule has 0 radical (unpaired) electrons. The van der Waals surface area contributed by atoms with Crippen LogP contribution >= 0.6 is 11.6 Å². The molecule has 1 aliphatic carbocycles. The van der Waals surface area contributed by atoms with E-state index in [2.05, 4.69) is 45.9 Å². The monoisotopic (exact) mass is 451 g/mol. The van der Waals surface area contributed by atoms with Crippen molar-refractivity contribution in [1.29, 1.82) is 0 Å². The van der Waals surface area contributed by atoms with Gasteiger partial charge < -0.3 is 10.1 Å². The van der Waals surface area contributed by atoms with Crippen molar-refractivity contribution < 1.29 is 4.74 Å². The number of pyridine rings is 1. The summed E-state index contributed by atoms with van der Waals surface area (Å²) in [5.41, 5.74) is 2.42. The second kappa shape index (κ2) is 9.20. The number of ether oxygens (including phenoxy) is 1. The van der Waals surface area contributed by atoms with Crippen molar-refractivity contribution in [3.8, 4) is 11.6 Å². The highest BCUT2D eigenvalue weighted by Crippen LogP contribution is 2.37. The van der Waals surface area contributed by atoms with Crippen LogP contribution in [0.25, 0.3) is 5.69 Å². The number of hydrogen-bond donors (Lipinski definition) is 1. The van der Waals surface area contributed by atoms with Crippen molar-refractivity contribution in [3.63, 3.8) is 0 Å². The van der Waals surface area contributed by atoms with E-state index in [0.717, 1.165) is 55.2 Å². The van der Waals surface area contributed by atoms with E-state index in [0.29, 0.717) is 23.9 Å². The second-order valence-corrected chi connectivity index (χ2v) is 9.71. The highest BCUT2D eigenvalue weighted by atomic mass is 35.5. The Hall–Kier alpha value is -2.44. The molecule has 1 atom stereocenters. The highest BCUT2D eigenvalue weighted by molar-refractivity contribution is 6.30. The lowest BCUT2D eigenvalue weighted by Crippen LogP contribution is -2.37. The van der Waals surface area contributed by atoms with Gasteiger partial charge in [0, 0.05) is 41.7 Å². The van der Waals surface area contributed by atoms with Gasteiger partial charge >= 0.3 is 0 Å². The summed E-state index contributed by atoms with van der Waals surface area (Å²) < 4.78 is 8.40. The summed E-state index contributed by atoms with van der Waals surface area (Å²) in [7, 11) is 0. The van der Waals surface area contributed by atoms with E-state index in [1.54, 1.807) is 6.20 Å². The lowest BCUT2D eigenvalue weighted by Gasteiger charge is -2.28. The molecule has 32 heavy (non-hydrogen) atoms.